The van der Waals surface area contributed by atoms with Crippen molar-refractivity contribution < 1.29 is 39.4 Å². The van der Waals surface area contributed by atoms with Gasteiger partial charge in [0.15, 0.2) is 0 Å². The number of primary sulfonamides is 1. The van der Waals surface area contributed by atoms with Crippen molar-refractivity contribution in [3.63, 3.8) is 0 Å². The number of hydrogen-bond acceptors (Lipinski definition) is 2. The van der Waals surface area contributed by atoms with Gasteiger partial charge in [-0.3, -0.25) is 0 Å². The Labute approximate surface area is 166 Å². The molecule has 128 valence electrons. The van der Waals surface area contributed by atoms with Gasteiger partial charge in [0.05, 0.1) is 4.90 Å². The summed E-state index contributed by atoms with van der Waals surface area (Å²) in [5.41, 5.74) is 0.851. The number of nitrogens with two attached hydrogens (primary N) is 1. The fourth-order valence-electron chi connectivity index (χ4n) is 2.79. The molecular formula is C18H32NNaO2S. The van der Waals surface area contributed by atoms with Gasteiger partial charge in [-0.15, -0.1) is 0 Å². The van der Waals surface area contributed by atoms with E-state index in [-0.39, 0.29) is 35.9 Å². The van der Waals surface area contributed by atoms with Gasteiger partial charge in [0.25, 0.3) is 0 Å². The topological polar surface area (TPSA) is 60.2 Å². The van der Waals surface area contributed by atoms with Crippen molar-refractivity contribution in [2.75, 3.05) is 0 Å². The Bertz CT molecular complexity index is 524. The van der Waals surface area contributed by atoms with E-state index in [0.717, 1.165) is 24.8 Å². The molecule has 1 rings (SSSR count). The minimum absolute atomic E-state index is 0. The molecule has 0 aliphatic carbocycles. The Kier molecular flexibility index (Phi) is 13.5. The summed E-state index contributed by atoms with van der Waals surface area (Å²) in [6, 6.07) is 7.07. The molecule has 0 saturated heterocycles. The van der Waals surface area contributed by atoms with E-state index in [0.29, 0.717) is 0 Å². The largest absolute Gasteiger partial charge is 1.00 e. The first kappa shape index (κ1) is 23.1. The summed E-state index contributed by atoms with van der Waals surface area (Å²) in [6.45, 7) is 2.24. The quantitative estimate of drug-likeness (QED) is 0.463. The molecule has 5 heteroatoms. The van der Waals surface area contributed by atoms with Gasteiger partial charge in [0.1, 0.15) is 0 Å². The fraction of sp³-hybridized carbons (Fsp3) is 0.667. The van der Waals surface area contributed by atoms with Crippen LogP contribution in [0.4, 0.5) is 0 Å². The Morgan fingerprint density at radius 2 is 1.35 bits per heavy atom. The molecule has 0 aliphatic heterocycles. The van der Waals surface area contributed by atoms with Crippen LogP contribution < -0.4 is 34.7 Å². The number of unbranched alkanes of at least 4 members (excludes halogenated alkanes) is 9. The minimum Gasteiger partial charge on any atom is -1.00 e. The molecular weight excluding hydrogens is 317 g/mol. The van der Waals surface area contributed by atoms with Crippen LogP contribution in [0.3, 0.4) is 0 Å². The first-order valence-corrected chi connectivity index (χ1v) is 10.2. The van der Waals surface area contributed by atoms with E-state index in [4.69, 9.17) is 5.14 Å². The third kappa shape index (κ3) is 10.6. The van der Waals surface area contributed by atoms with E-state index in [1.54, 1.807) is 12.1 Å². The van der Waals surface area contributed by atoms with E-state index < -0.39 is 10.0 Å². The molecule has 23 heavy (non-hydrogen) atoms. The molecule has 0 spiro atoms. The standard InChI is InChI=1S/C18H31NO2S.Na.H/c1-2-3-4-5-6-7-8-9-10-11-14-17-15-12-13-16-18(17)22(19,20)21;;/h12-13,15-16H,2-11,14H2,1H3,(H2,19,20,21);;/q;+1;-1. The van der Waals surface area contributed by atoms with Crippen molar-refractivity contribution >= 4 is 10.0 Å². The molecule has 2 N–H and O–H groups in total. The van der Waals surface area contributed by atoms with Gasteiger partial charge in [0, 0.05) is 0 Å². The molecule has 0 amide bonds. The van der Waals surface area contributed by atoms with Gasteiger partial charge in [0.2, 0.25) is 10.0 Å². The van der Waals surface area contributed by atoms with Gasteiger partial charge in [-0.05, 0) is 24.5 Å². The van der Waals surface area contributed by atoms with E-state index >= 15 is 0 Å². The fourth-order valence-corrected chi connectivity index (χ4v) is 3.59. The van der Waals surface area contributed by atoms with Crippen molar-refractivity contribution in [1.82, 2.24) is 0 Å². The van der Waals surface area contributed by atoms with Gasteiger partial charge in [-0.25, -0.2) is 13.6 Å². The van der Waals surface area contributed by atoms with Crippen molar-refractivity contribution in [2.45, 2.75) is 82.4 Å². The van der Waals surface area contributed by atoms with E-state index in [2.05, 4.69) is 6.92 Å². The van der Waals surface area contributed by atoms with E-state index in [9.17, 15) is 8.42 Å². The molecule has 0 atom stereocenters. The van der Waals surface area contributed by atoms with Crippen LogP contribution >= 0.6 is 0 Å². The summed E-state index contributed by atoms with van der Waals surface area (Å²) in [5.74, 6) is 0. The predicted octanol–water partition coefficient (Wildman–Crippen LogP) is 1.91. The summed E-state index contributed by atoms with van der Waals surface area (Å²) in [4.78, 5) is 0.283. The van der Waals surface area contributed by atoms with Crippen LogP contribution in [0.25, 0.3) is 0 Å². The van der Waals surface area contributed by atoms with Gasteiger partial charge < -0.3 is 1.43 Å². The van der Waals surface area contributed by atoms with Crippen LogP contribution in [0, 0.1) is 0 Å². The second kappa shape index (κ2) is 13.4. The Morgan fingerprint density at radius 1 is 0.870 bits per heavy atom. The average molecular weight is 350 g/mol. The number of benzene rings is 1. The molecule has 1 aromatic carbocycles. The van der Waals surface area contributed by atoms with Crippen LogP contribution in [-0.2, 0) is 16.4 Å². The zero-order chi connectivity index (χ0) is 16.3. The average Bonchev–Trinajstić information content (AvgIpc) is 2.48. The second-order valence-electron chi connectivity index (χ2n) is 6.08. The summed E-state index contributed by atoms with van der Waals surface area (Å²) >= 11 is 0. The second-order valence-corrected chi connectivity index (χ2v) is 7.61. The third-order valence-corrected chi connectivity index (χ3v) is 5.09. The maximum absolute atomic E-state index is 11.5. The molecule has 3 nitrogen and oxygen atoms in total. The van der Waals surface area contributed by atoms with Crippen molar-refractivity contribution in [3.05, 3.63) is 29.8 Å². The van der Waals surface area contributed by atoms with Crippen LogP contribution in [0.2, 0.25) is 0 Å². The van der Waals surface area contributed by atoms with Crippen LogP contribution in [0.15, 0.2) is 29.2 Å². The predicted molar refractivity (Wildman–Crippen MR) is 94.5 cm³/mol. The van der Waals surface area contributed by atoms with Gasteiger partial charge >= 0.3 is 29.6 Å². The van der Waals surface area contributed by atoms with Crippen LogP contribution in [0.5, 0.6) is 0 Å². The summed E-state index contributed by atoms with van der Waals surface area (Å²) in [7, 11) is -3.60. The Balaban J connectivity index is 0. The summed E-state index contributed by atoms with van der Waals surface area (Å²) in [6.07, 6.45) is 13.6. The first-order valence-electron chi connectivity index (χ1n) is 8.66. The molecule has 0 heterocycles. The Hall–Kier alpha value is 0.130. The number of hydrogen-bond donors (Lipinski definition) is 1. The molecule has 0 bridgehead atoms. The zero-order valence-corrected chi connectivity index (χ0v) is 17.7. The third-order valence-electron chi connectivity index (χ3n) is 4.08. The zero-order valence-electron chi connectivity index (χ0n) is 15.9. The smallest absolute Gasteiger partial charge is 1.00 e. The number of sulfonamides is 1. The number of aryl methyl sites for hydroxylation is 1. The number of rotatable bonds is 12. The monoisotopic (exact) mass is 349 g/mol. The van der Waals surface area contributed by atoms with Crippen molar-refractivity contribution in [2.24, 2.45) is 5.14 Å². The van der Waals surface area contributed by atoms with Crippen LogP contribution in [-0.4, -0.2) is 8.42 Å². The summed E-state index contributed by atoms with van der Waals surface area (Å²) < 4.78 is 23.0. The summed E-state index contributed by atoms with van der Waals surface area (Å²) in [5, 5.41) is 5.25. The first-order chi connectivity index (χ1) is 10.6. The molecule has 1 aromatic rings. The normalized spacial score (nSPS) is 11.2. The molecule has 0 aliphatic rings. The molecule has 0 saturated carbocycles. The Morgan fingerprint density at radius 3 is 1.87 bits per heavy atom. The molecule has 0 unspecified atom stereocenters. The molecule has 0 aromatic heterocycles. The SMILES string of the molecule is CCCCCCCCCCCCc1ccccc1S(N)(=O)=O.[H-].[Na+]. The van der Waals surface area contributed by atoms with Crippen molar-refractivity contribution in [3.8, 4) is 0 Å². The van der Waals surface area contributed by atoms with Gasteiger partial charge in [-0.1, -0.05) is 82.9 Å². The maximum Gasteiger partial charge on any atom is 1.00 e. The maximum atomic E-state index is 11.5. The van der Waals surface area contributed by atoms with Crippen LogP contribution in [0.1, 0.15) is 78.1 Å². The molecule has 0 radical (unpaired) electrons. The van der Waals surface area contributed by atoms with E-state index in [1.807, 2.05) is 12.1 Å². The van der Waals surface area contributed by atoms with E-state index in [1.165, 1.54) is 51.4 Å². The van der Waals surface area contributed by atoms with Crippen molar-refractivity contribution in [1.29, 1.82) is 0 Å². The van der Waals surface area contributed by atoms with Gasteiger partial charge in [-0.2, -0.15) is 0 Å². The molecule has 0 fully saturated rings. The minimum atomic E-state index is -3.60.